The lowest BCUT2D eigenvalue weighted by molar-refractivity contribution is -0.137. The average Bonchev–Trinajstić information content (AvgIpc) is 2.35. The molecule has 0 radical (unpaired) electrons. The minimum atomic E-state index is -0.333. The van der Waals surface area contributed by atoms with Gasteiger partial charge < -0.3 is 9.47 Å². The maximum absolute atomic E-state index is 11.1. The van der Waals surface area contributed by atoms with Gasteiger partial charge in [-0.15, -0.1) is 0 Å². The Balaban J connectivity index is 2.54. The molecule has 18 heavy (non-hydrogen) atoms. The molecule has 0 N–H and O–H groups in total. The Bertz CT molecular complexity index is 430. The van der Waals surface area contributed by atoms with E-state index in [0.717, 1.165) is 16.9 Å². The molecular weight excluding hydrogens is 228 g/mol. The summed E-state index contributed by atoms with van der Waals surface area (Å²) in [6.07, 6.45) is 3.12. The summed E-state index contributed by atoms with van der Waals surface area (Å²) in [5.41, 5.74) is 1.90. The topological polar surface area (TPSA) is 35.5 Å². The van der Waals surface area contributed by atoms with Gasteiger partial charge in [-0.05, 0) is 43.2 Å². The molecule has 0 aromatic heterocycles. The van der Waals surface area contributed by atoms with Crippen LogP contribution in [0.4, 0.5) is 0 Å². The lowest BCUT2D eigenvalue weighted by Crippen LogP contribution is -1.98. The Hall–Kier alpha value is -2.03. The molecule has 1 aromatic rings. The zero-order valence-electron chi connectivity index (χ0n) is 10.8. The Kier molecular flexibility index (Phi) is 5.71. The van der Waals surface area contributed by atoms with Crippen molar-refractivity contribution in [3.63, 3.8) is 0 Å². The summed E-state index contributed by atoms with van der Waals surface area (Å²) in [4.78, 5) is 11.1. The molecule has 3 heteroatoms. The monoisotopic (exact) mass is 246 g/mol. The number of esters is 1. The number of hydrogen-bond acceptors (Lipinski definition) is 3. The molecule has 0 fully saturated rings. The number of carbonyl (C=O) groups excluding carboxylic acids is 1. The summed E-state index contributed by atoms with van der Waals surface area (Å²) >= 11 is 0. The van der Waals surface area contributed by atoms with Gasteiger partial charge in [0.05, 0.1) is 6.61 Å². The molecule has 0 aliphatic carbocycles. The molecule has 0 atom stereocenters. The molecule has 0 spiro atoms. The van der Waals surface area contributed by atoms with Gasteiger partial charge in [0.15, 0.2) is 0 Å². The largest absolute Gasteiger partial charge is 0.489 e. The van der Waals surface area contributed by atoms with Crippen molar-refractivity contribution in [2.45, 2.75) is 13.8 Å². The van der Waals surface area contributed by atoms with Crippen molar-refractivity contribution >= 4 is 12.0 Å². The van der Waals surface area contributed by atoms with Crippen LogP contribution in [0.3, 0.4) is 0 Å². The first-order valence-electron chi connectivity index (χ1n) is 5.84. The minimum absolute atomic E-state index is 0.333. The fraction of sp³-hybridized carbons (Fsp3) is 0.267. The second kappa shape index (κ2) is 7.33. The lowest BCUT2D eigenvalue weighted by atomic mass is 10.2. The highest BCUT2D eigenvalue weighted by Crippen LogP contribution is 2.13. The second-order valence-electron chi connectivity index (χ2n) is 3.90. The van der Waals surface area contributed by atoms with Gasteiger partial charge in [-0.25, -0.2) is 4.79 Å². The summed E-state index contributed by atoms with van der Waals surface area (Å²) in [5, 5.41) is 0. The number of carbonyl (C=O) groups is 1. The SMILES string of the molecule is C=C(C)COc1ccc(/C=C\C(=O)OCC)cc1. The first-order chi connectivity index (χ1) is 8.61. The van der Waals surface area contributed by atoms with Gasteiger partial charge in [-0.1, -0.05) is 18.7 Å². The van der Waals surface area contributed by atoms with Crippen LogP contribution in [-0.4, -0.2) is 19.2 Å². The van der Waals surface area contributed by atoms with Crippen molar-refractivity contribution in [1.29, 1.82) is 0 Å². The van der Waals surface area contributed by atoms with Crippen molar-refractivity contribution in [3.8, 4) is 5.75 Å². The number of benzene rings is 1. The molecular formula is C15H18O3. The summed E-state index contributed by atoms with van der Waals surface area (Å²) in [6, 6.07) is 7.47. The van der Waals surface area contributed by atoms with Gasteiger partial charge in [0.25, 0.3) is 0 Å². The van der Waals surface area contributed by atoms with Gasteiger partial charge in [0, 0.05) is 6.08 Å². The fourth-order valence-corrected chi connectivity index (χ4v) is 1.24. The standard InChI is InChI=1S/C15H18O3/c1-4-17-15(16)10-7-13-5-8-14(9-6-13)18-11-12(2)3/h5-10H,2,4,11H2,1,3H3/b10-7-. The van der Waals surface area contributed by atoms with E-state index in [-0.39, 0.29) is 5.97 Å². The normalized spacial score (nSPS) is 10.3. The molecule has 0 amide bonds. The van der Waals surface area contributed by atoms with Crippen LogP contribution in [-0.2, 0) is 9.53 Å². The van der Waals surface area contributed by atoms with E-state index < -0.39 is 0 Å². The third-order valence-electron chi connectivity index (χ3n) is 2.06. The van der Waals surface area contributed by atoms with E-state index in [4.69, 9.17) is 9.47 Å². The molecule has 3 nitrogen and oxygen atoms in total. The maximum atomic E-state index is 11.1. The van der Waals surface area contributed by atoms with E-state index in [1.165, 1.54) is 6.08 Å². The van der Waals surface area contributed by atoms with Crippen molar-refractivity contribution in [2.24, 2.45) is 0 Å². The Morgan fingerprint density at radius 1 is 1.33 bits per heavy atom. The molecule has 96 valence electrons. The predicted molar refractivity (Wildman–Crippen MR) is 72.4 cm³/mol. The van der Waals surface area contributed by atoms with Crippen LogP contribution in [0.2, 0.25) is 0 Å². The fourth-order valence-electron chi connectivity index (χ4n) is 1.24. The predicted octanol–water partition coefficient (Wildman–Crippen LogP) is 3.22. The number of hydrogen-bond donors (Lipinski definition) is 0. The summed E-state index contributed by atoms with van der Waals surface area (Å²) in [6.45, 7) is 8.35. The average molecular weight is 246 g/mol. The van der Waals surface area contributed by atoms with Gasteiger partial charge in [0.1, 0.15) is 12.4 Å². The minimum Gasteiger partial charge on any atom is -0.489 e. The zero-order chi connectivity index (χ0) is 13.4. The molecule has 0 unspecified atom stereocenters. The second-order valence-corrected chi connectivity index (χ2v) is 3.90. The molecule has 0 saturated carbocycles. The smallest absolute Gasteiger partial charge is 0.330 e. The Morgan fingerprint density at radius 3 is 2.56 bits per heavy atom. The zero-order valence-corrected chi connectivity index (χ0v) is 10.8. The van der Waals surface area contributed by atoms with Crippen molar-refractivity contribution in [2.75, 3.05) is 13.2 Å². The molecule has 0 aliphatic heterocycles. The molecule has 0 saturated heterocycles. The van der Waals surface area contributed by atoms with E-state index in [0.29, 0.717) is 13.2 Å². The van der Waals surface area contributed by atoms with E-state index >= 15 is 0 Å². The molecule has 0 bridgehead atoms. The van der Waals surface area contributed by atoms with Gasteiger partial charge >= 0.3 is 5.97 Å². The highest BCUT2D eigenvalue weighted by Gasteiger charge is 1.96. The van der Waals surface area contributed by atoms with Crippen LogP contribution >= 0.6 is 0 Å². The van der Waals surface area contributed by atoms with Gasteiger partial charge in [-0.3, -0.25) is 0 Å². The van der Waals surface area contributed by atoms with Crippen LogP contribution < -0.4 is 4.74 Å². The Labute approximate surface area is 108 Å². The van der Waals surface area contributed by atoms with E-state index in [9.17, 15) is 4.79 Å². The quantitative estimate of drug-likeness (QED) is 0.439. The number of ether oxygens (including phenoxy) is 2. The molecule has 1 rings (SSSR count). The van der Waals surface area contributed by atoms with Gasteiger partial charge in [0.2, 0.25) is 0 Å². The van der Waals surface area contributed by atoms with Crippen molar-refractivity contribution in [3.05, 3.63) is 48.1 Å². The summed E-state index contributed by atoms with van der Waals surface area (Å²) < 4.78 is 10.3. The van der Waals surface area contributed by atoms with Crippen molar-refractivity contribution < 1.29 is 14.3 Å². The first-order valence-corrected chi connectivity index (χ1v) is 5.84. The number of rotatable bonds is 6. The first kappa shape index (κ1) is 14.0. The van der Waals surface area contributed by atoms with Gasteiger partial charge in [-0.2, -0.15) is 0 Å². The van der Waals surface area contributed by atoms with E-state index in [1.54, 1.807) is 13.0 Å². The van der Waals surface area contributed by atoms with Crippen molar-refractivity contribution in [1.82, 2.24) is 0 Å². The molecule has 0 heterocycles. The van der Waals surface area contributed by atoms with Crippen LogP contribution in [0.15, 0.2) is 42.5 Å². The van der Waals surface area contributed by atoms with Crippen LogP contribution in [0.1, 0.15) is 19.4 Å². The molecule has 1 aromatic carbocycles. The van der Waals surface area contributed by atoms with Crippen LogP contribution in [0.25, 0.3) is 6.08 Å². The van der Waals surface area contributed by atoms with Crippen LogP contribution in [0, 0.1) is 0 Å². The summed E-state index contributed by atoms with van der Waals surface area (Å²) in [5.74, 6) is 0.450. The summed E-state index contributed by atoms with van der Waals surface area (Å²) in [7, 11) is 0. The highest BCUT2D eigenvalue weighted by molar-refractivity contribution is 5.87. The maximum Gasteiger partial charge on any atom is 0.330 e. The Morgan fingerprint density at radius 2 is 2.00 bits per heavy atom. The van der Waals surface area contributed by atoms with E-state index in [1.807, 2.05) is 31.2 Å². The lowest BCUT2D eigenvalue weighted by Gasteiger charge is -2.05. The highest BCUT2D eigenvalue weighted by atomic mass is 16.5. The molecule has 0 aliphatic rings. The van der Waals surface area contributed by atoms with E-state index in [2.05, 4.69) is 6.58 Å². The third kappa shape index (κ3) is 5.34. The third-order valence-corrected chi connectivity index (χ3v) is 2.06. The van der Waals surface area contributed by atoms with Crippen LogP contribution in [0.5, 0.6) is 5.75 Å².